The monoisotopic (exact) mass is 345 g/mol. The van der Waals surface area contributed by atoms with Crippen LogP contribution in [0.15, 0.2) is 54.9 Å². The highest BCUT2D eigenvalue weighted by Gasteiger charge is 2.27. The molecular formula is C20H20BN3O2. The van der Waals surface area contributed by atoms with Gasteiger partial charge in [0.05, 0.1) is 5.92 Å². The highest BCUT2D eigenvalue weighted by molar-refractivity contribution is 6.65. The molecule has 0 aliphatic carbocycles. The van der Waals surface area contributed by atoms with Crippen molar-refractivity contribution in [2.45, 2.75) is 18.9 Å². The van der Waals surface area contributed by atoms with Crippen LogP contribution in [0.4, 0.5) is 0 Å². The van der Waals surface area contributed by atoms with Gasteiger partial charge in [0.15, 0.2) is 0 Å². The molecule has 2 aromatic carbocycles. The standard InChI is InChI=1S/C20H20BN3O2/c22-10-18(15-3-4-19-17(9-15)12-24-21(19)26)20(25)8-13-1-2-16-11-23-6-5-14(16)7-13/h1-7,9,11,18,24,26H,8,10,12,22H2. The molecule has 1 atom stereocenters. The Morgan fingerprint density at radius 2 is 2.12 bits per heavy atom. The van der Waals surface area contributed by atoms with E-state index in [0.29, 0.717) is 13.0 Å². The summed E-state index contributed by atoms with van der Waals surface area (Å²) in [6, 6.07) is 13.7. The molecule has 3 aromatic rings. The number of hydrogen-bond acceptors (Lipinski definition) is 5. The maximum atomic E-state index is 12.9. The summed E-state index contributed by atoms with van der Waals surface area (Å²) < 4.78 is 0. The maximum Gasteiger partial charge on any atom is 0.413 e. The first-order valence-electron chi connectivity index (χ1n) is 8.75. The molecule has 1 aliphatic heterocycles. The van der Waals surface area contributed by atoms with E-state index in [1.165, 1.54) is 0 Å². The predicted octanol–water partition coefficient (Wildman–Crippen LogP) is 0.880. The zero-order valence-corrected chi connectivity index (χ0v) is 14.4. The number of nitrogens with one attached hydrogen (secondary N) is 1. The lowest BCUT2D eigenvalue weighted by molar-refractivity contribution is -0.119. The van der Waals surface area contributed by atoms with Gasteiger partial charge in [-0.05, 0) is 33.6 Å². The van der Waals surface area contributed by atoms with Gasteiger partial charge < -0.3 is 16.0 Å². The Hall–Kier alpha value is -2.54. The molecule has 2 heterocycles. The number of nitrogens with two attached hydrogens (primary N) is 1. The third kappa shape index (κ3) is 3.14. The first kappa shape index (κ1) is 16.9. The average Bonchev–Trinajstić information content (AvgIpc) is 3.03. The molecule has 26 heavy (non-hydrogen) atoms. The molecule has 6 heteroatoms. The van der Waals surface area contributed by atoms with E-state index in [2.05, 4.69) is 10.2 Å². The number of hydrogen-bond donors (Lipinski definition) is 3. The van der Waals surface area contributed by atoms with Crippen LogP contribution in [0.1, 0.15) is 22.6 Å². The smallest absolute Gasteiger partial charge is 0.413 e. The van der Waals surface area contributed by atoms with Crippen LogP contribution < -0.4 is 16.4 Å². The number of fused-ring (bicyclic) bond motifs is 2. The molecule has 4 rings (SSSR count). The van der Waals surface area contributed by atoms with Gasteiger partial charge in [0.2, 0.25) is 0 Å². The molecule has 0 saturated carbocycles. The summed E-state index contributed by atoms with van der Waals surface area (Å²) in [5.41, 5.74) is 9.72. The Kier molecular flexibility index (Phi) is 4.55. The van der Waals surface area contributed by atoms with Crippen molar-refractivity contribution in [3.8, 4) is 0 Å². The summed E-state index contributed by atoms with van der Waals surface area (Å²) >= 11 is 0. The first-order valence-corrected chi connectivity index (χ1v) is 8.75. The van der Waals surface area contributed by atoms with Crippen molar-refractivity contribution in [3.63, 3.8) is 0 Å². The fourth-order valence-electron chi connectivity index (χ4n) is 3.60. The van der Waals surface area contributed by atoms with Crippen LogP contribution in [-0.4, -0.2) is 29.4 Å². The number of benzene rings is 2. The lowest BCUT2D eigenvalue weighted by Gasteiger charge is -2.16. The lowest BCUT2D eigenvalue weighted by atomic mass is 9.75. The van der Waals surface area contributed by atoms with Crippen molar-refractivity contribution in [2.24, 2.45) is 5.73 Å². The van der Waals surface area contributed by atoms with Crippen LogP contribution in [0, 0.1) is 0 Å². The van der Waals surface area contributed by atoms with E-state index in [9.17, 15) is 9.82 Å². The van der Waals surface area contributed by atoms with Gasteiger partial charge in [-0.25, -0.2) is 0 Å². The number of Topliss-reactive ketones (excluding diaryl/α,β-unsaturated/α-hetero) is 1. The SMILES string of the molecule is NCC(C(=O)Cc1ccc2cnccc2c1)c1ccc2c(c1)CNB2O. The Bertz CT molecular complexity index is 976. The van der Waals surface area contributed by atoms with E-state index in [0.717, 1.165) is 32.9 Å². The second-order valence-electron chi connectivity index (χ2n) is 6.73. The van der Waals surface area contributed by atoms with Gasteiger partial charge in [-0.3, -0.25) is 9.78 Å². The number of carbonyl (C=O) groups is 1. The summed E-state index contributed by atoms with van der Waals surface area (Å²) in [7, 11) is -0.627. The van der Waals surface area contributed by atoms with Crippen molar-refractivity contribution in [2.75, 3.05) is 6.54 Å². The third-order valence-electron chi connectivity index (χ3n) is 5.06. The normalized spacial score (nSPS) is 14.5. The summed E-state index contributed by atoms with van der Waals surface area (Å²) in [6.45, 7) is 0.875. The Labute approximate surface area is 152 Å². The highest BCUT2D eigenvalue weighted by atomic mass is 16.2. The van der Waals surface area contributed by atoms with E-state index >= 15 is 0 Å². The minimum Gasteiger partial charge on any atom is -0.433 e. The summed E-state index contributed by atoms with van der Waals surface area (Å²) in [5, 5.41) is 15.0. The average molecular weight is 345 g/mol. The fourth-order valence-corrected chi connectivity index (χ4v) is 3.60. The lowest BCUT2D eigenvalue weighted by Crippen LogP contribution is -2.37. The van der Waals surface area contributed by atoms with Gasteiger partial charge >= 0.3 is 7.05 Å². The van der Waals surface area contributed by atoms with Gasteiger partial charge in [-0.15, -0.1) is 0 Å². The molecule has 130 valence electrons. The largest absolute Gasteiger partial charge is 0.433 e. The van der Waals surface area contributed by atoms with Crippen LogP contribution >= 0.6 is 0 Å². The zero-order chi connectivity index (χ0) is 18.1. The van der Waals surface area contributed by atoms with Gasteiger partial charge in [0, 0.05) is 37.3 Å². The number of rotatable bonds is 5. The van der Waals surface area contributed by atoms with Gasteiger partial charge in [0.1, 0.15) is 5.78 Å². The molecule has 0 radical (unpaired) electrons. The van der Waals surface area contributed by atoms with Crippen LogP contribution in [0.5, 0.6) is 0 Å². The second kappa shape index (κ2) is 7.00. The van der Waals surface area contributed by atoms with E-state index < -0.39 is 7.05 Å². The molecule has 0 amide bonds. The summed E-state index contributed by atoms with van der Waals surface area (Å²) in [6.07, 6.45) is 3.92. The van der Waals surface area contributed by atoms with Crippen molar-refractivity contribution in [1.29, 1.82) is 0 Å². The molecule has 1 unspecified atom stereocenters. The summed E-state index contributed by atoms with van der Waals surface area (Å²) in [5.74, 6) is -0.237. The molecule has 0 bridgehead atoms. The van der Waals surface area contributed by atoms with Crippen molar-refractivity contribution < 1.29 is 9.82 Å². The summed E-state index contributed by atoms with van der Waals surface area (Å²) in [4.78, 5) is 17.0. The number of pyridine rings is 1. The van der Waals surface area contributed by atoms with E-state index in [1.807, 2.05) is 48.7 Å². The van der Waals surface area contributed by atoms with E-state index in [1.54, 1.807) is 6.20 Å². The number of nitrogens with zero attached hydrogens (tertiary/aromatic N) is 1. The molecule has 4 N–H and O–H groups in total. The topological polar surface area (TPSA) is 88.2 Å². The van der Waals surface area contributed by atoms with Crippen molar-refractivity contribution in [1.82, 2.24) is 10.2 Å². The molecule has 1 aromatic heterocycles. The minimum atomic E-state index is -0.627. The van der Waals surface area contributed by atoms with Crippen molar-refractivity contribution >= 4 is 29.1 Å². The predicted molar refractivity (Wildman–Crippen MR) is 103 cm³/mol. The van der Waals surface area contributed by atoms with Crippen LogP contribution in [-0.2, 0) is 17.8 Å². The number of carbonyl (C=O) groups excluding carboxylic acids is 1. The Morgan fingerprint density at radius 3 is 2.96 bits per heavy atom. The zero-order valence-electron chi connectivity index (χ0n) is 14.4. The molecule has 1 aliphatic rings. The van der Waals surface area contributed by atoms with Gasteiger partial charge in [-0.2, -0.15) is 0 Å². The van der Waals surface area contributed by atoms with Crippen LogP contribution in [0.25, 0.3) is 10.8 Å². The number of ketones is 1. The highest BCUT2D eigenvalue weighted by Crippen LogP contribution is 2.22. The molecular weight excluding hydrogens is 325 g/mol. The van der Waals surface area contributed by atoms with Gasteiger partial charge in [0.25, 0.3) is 0 Å². The maximum absolute atomic E-state index is 12.9. The van der Waals surface area contributed by atoms with E-state index in [-0.39, 0.29) is 18.2 Å². The second-order valence-corrected chi connectivity index (χ2v) is 6.73. The first-order chi connectivity index (χ1) is 12.7. The molecule has 0 fully saturated rings. The Balaban J connectivity index is 1.57. The quantitative estimate of drug-likeness (QED) is 0.598. The van der Waals surface area contributed by atoms with Crippen LogP contribution in [0.3, 0.4) is 0 Å². The van der Waals surface area contributed by atoms with Gasteiger partial charge in [-0.1, -0.05) is 36.4 Å². The Morgan fingerprint density at radius 1 is 1.23 bits per heavy atom. The van der Waals surface area contributed by atoms with Crippen LogP contribution in [0.2, 0.25) is 0 Å². The fraction of sp³-hybridized carbons (Fsp3) is 0.200. The minimum absolute atomic E-state index is 0.104. The van der Waals surface area contributed by atoms with E-state index in [4.69, 9.17) is 5.73 Å². The molecule has 0 saturated heterocycles. The molecule has 0 spiro atoms. The molecule has 5 nitrogen and oxygen atoms in total. The third-order valence-corrected chi connectivity index (χ3v) is 5.06. The van der Waals surface area contributed by atoms with Crippen molar-refractivity contribution in [3.05, 3.63) is 71.5 Å². The number of aromatic nitrogens is 1.